The molecule has 0 amide bonds. The predicted molar refractivity (Wildman–Crippen MR) is 39.0 cm³/mol. The minimum Gasteiger partial charge on any atom is -0.316 e. The molecule has 0 aliphatic carbocycles. The van der Waals surface area contributed by atoms with Crippen LogP contribution in [0.4, 0.5) is 0 Å². The van der Waals surface area contributed by atoms with Crippen LogP contribution >= 0.6 is 0 Å². The highest BCUT2D eigenvalue weighted by Gasteiger charge is 2.18. The van der Waals surface area contributed by atoms with Crippen LogP contribution in [0, 0.1) is 0 Å². The zero-order valence-electron chi connectivity index (χ0n) is 5.71. The molecule has 2 N–H and O–H groups in total. The molecule has 1 aliphatic rings. The maximum Gasteiger partial charge on any atom is 0.0575 e. The van der Waals surface area contributed by atoms with Gasteiger partial charge >= 0.3 is 0 Å². The quantitative estimate of drug-likeness (QED) is 0.547. The standard InChI is InChI=1S/C7H14N2/c1-2-5-9-6-3-4-7(9)8/h2,7H,1,3-6,8H2. The molecule has 52 valence electrons. The molecule has 0 aromatic carbocycles. The number of hydrogen-bond donors (Lipinski definition) is 1. The third kappa shape index (κ3) is 1.53. The zero-order chi connectivity index (χ0) is 6.69. The van der Waals surface area contributed by atoms with Crippen molar-refractivity contribution in [2.45, 2.75) is 19.0 Å². The van der Waals surface area contributed by atoms with Crippen LogP contribution in [0.25, 0.3) is 0 Å². The van der Waals surface area contributed by atoms with Crippen molar-refractivity contribution in [1.29, 1.82) is 0 Å². The van der Waals surface area contributed by atoms with Crippen molar-refractivity contribution in [3.8, 4) is 0 Å². The van der Waals surface area contributed by atoms with E-state index in [0.717, 1.165) is 19.5 Å². The average molecular weight is 126 g/mol. The fraction of sp³-hybridized carbons (Fsp3) is 0.714. The van der Waals surface area contributed by atoms with E-state index in [4.69, 9.17) is 5.73 Å². The molecule has 9 heavy (non-hydrogen) atoms. The Morgan fingerprint density at radius 2 is 2.56 bits per heavy atom. The Labute approximate surface area is 56.3 Å². The van der Waals surface area contributed by atoms with Crippen LogP contribution in [0.15, 0.2) is 12.7 Å². The van der Waals surface area contributed by atoms with E-state index in [1.807, 2.05) is 6.08 Å². The highest BCUT2D eigenvalue weighted by molar-refractivity contribution is 4.80. The maximum absolute atomic E-state index is 5.74. The van der Waals surface area contributed by atoms with Crippen LogP contribution in [-0.2, 0) is 0 Å². The second-order valence-corrected chi connectivity index (χ2v) is 2.49. The monoisotopic (exact) mass is 126 g/mol. The Morgan fingerprint density at radius 1 is 1.78 bits per heavy atom. The van der Waals surface area contributed by atoms with Crippen molar-refractivity contribution in [2.24, 2.45) is 5.73 Å². The highest BCUT2D eigenvalue weighted by Crippen LogP contribution is 2.11. The van der Waals surface area contributed by atoms with Crippen LogP contribution in [0.5, 0.6) is 0 Å². The van der Waals surface area contributed by atoms with Gasteiger partial charge in [0.05, 0.1) is 6.17 Å². The van der Waals surface area contributed by atoms with Crippen LogP contribution in [-0.4, -0.2) is 24.2 Å². The minimum atomic E-state index is 0.294. The van der Waals surface area contributed by atoms with Gasteiger partial charge in [-0.25, -0.2) is 0 Å². The van der Waals surface area contributed by atoms with Gasteiger partial charge in [0, 0.05) is 13.1 Å². The highest BCUT2D eigenvalue weighted by atomic mass is 15.2. The van der Waals surface area contributed by atoms with E-state index in [0.29, 0.717) is 6.17 Å². The first-order chi connectivity index (χ1) is 4.34. The molecule has 2 heteroatoms. The van der Waals surface area contributed by atoms with Crippen molar-refractivity contribution in [2.75, 3.05) is 13.1 Å². The van der Waals surface area contributed by atoms with Crippen LogP contribution in [0.1, 0.15) is 12.8 Å². The first kappa shape index (κ1) is 6.78. The Morgan fingerprint density at radius 3 is 3.00 bits per heavy atom. The zero-order valence-corrected chi connectivity index (χ0v) is 5.71. The van der Waals surface area contributed by atoms with Crippen LogP contribution < -0.4 is 5.73 Å². The minimum absolute atomic E-state index is 0.294. The lowest BCUT2D eigenvalue weighted by Crippen LogP contribution is -2.36. The summed E-state index contributed by atoms with van der Waals surface area (Å²) >= 11 is 0. The second-order valence-electron chi connectivity index (χ2n) is 2.49. The summed E-state index contributed by atoms with van der Waals surface area (Å²) in [5.74, 6) is 0. The molecule has 0 bridgehead atoms. The molecule has 1 unspecified atom stereocenters. The molecule has 1 atom stereocenters. The molecule has 1 saturated heterocycles. The van der Waals surface area contributed by atoms with Gasteiger partial charge in [-0.05, 0) is 12.8 Å². The molecular formula is C7H14N2. The normalized spacial score (nSPS) is 28.8. The largest absolute Gasteiger partial charge is 0.316 e. The molecule has 0 radical (unpaired) electrons. The van der Waals surface area contributed by atoms with Gasteiger partial charge in [-0.2, -0.15) is 0 Å². The average Bonchev–Trinajstić information content (AvgIpc) is 2.18. The van der Waals surface area contributed by atoms with Crippen molar-refractivity contribution < 1.29 is 0 Å². The molecule has 0 spiro atoms. The van der Waals surface area contributed by atoms with Gasteiger partial charge in [-0.1, -0.05) is 6.08 Å². The Bertz CT molecular complexity index is 101. The van der Waals surface area contributed by atoms with Gasteiger partial charge in [-0.15, -0.1) is 6.58 Å². The molecular weight excluding hydrogens is 112 g/mol. The molecule has 2 nitrogen and oxygen atoms in total. The van der Waals surface area contributed by atoms with Crippen LogP contribution in [0.2, 0.25) is 0 Å². The van der Waals surface area contributed by atoms with E-state index in [9.17, 15) is 0 Å². The van der Waals surface area contributed by atoms with E-state index in [1.54, 1.807) is 0 Å². The van der Waals surface area contributed by atoms with E-state index in [-0.39, 0.29) is 0 Å². The first-order valence-corrected chi connectivity index (χ1v) is 3.45. The summed E-state index contributed by atoms with van der Waals surface area (Å²) in [7, 11) is 0. The van der Waals surface area contributed by atoms with E-state index >= 15 is 0 Å². The maximum atomic E-state index is 5.74. The summed E-state index contributed by atoms with van der Waals surface area (Å²) in [6.07, 6.45) is 4.59. The third-order valence-corrected chi connectivity index (χ3v) is 1.78. The summed E-state index contributed by atoms with van der Waals surface area (Å²) in [5.41, 5.74) is 5.74. The lowest BCUT2D eigenvalue weighted by molar-refractivity contribution is 0.287. The van der Waals surface area contributed by atoms with Crippen molar-refractivity contribution in [3.05, 3.63) is 12.7 Å². The Balaban J connectivity index is 2.30. The molecule has 1 fully saturated rings. The van der Waals surface area contributed by atoms with Gasteiger partial charge in [0.2, 0.25) is 0 Å². The molecule has 1 aliphatic heterocycles. The number of nitrogens with two attached hydrogens (primary N) is 1. The Kier molecular flexibility index (Phi) is 2.25. The third-order valence-electron chi connectivity index (χ3n) is 1.78. The SMILES string of the molecule is C=CCN1CCCC1N. The van der Waals surface area contributed by atoms with Gasteiger partial charge < -0.3 is 5.73 Å². The molecule has 1 heterocycles. The summed E-state index contributed by atoms with van der Waals surface area (Å²) in [6, 6.07) is 0. The number of hydrogen-bond acceptors (Lipinski definition) is 2. The first-order valence-electron chi connectivity index (χ1n) is 3.45. The van der Waals surface area contributed by atoms with E-state index in [2.05, 4.69) is 11.5 Å². The topological polar surface area (TPSA) is 29.3 Å². The lowest BCUT2D eigenvalue weighted by atomic mass is 10.3. The summed E-state index contributed by atoms with van der Waals surface area (Å²) in [5, 5.41) is 0. The summed E-state index contributed by atoms with van der Waals surface area (Å²) in [4.78, 5) is 2.24. The molecule has 0 aromatic rings. The van der Waals surface area contributed by atoms with Crippen LogP contribution in [0.3, 0.4) is 0 Å². The smallest absolute Gasteiger partial charge is 0.0575 e. The summed E-state index contributed by atoms with van der Waals surface area (Å²) in [6.45, 7) is 5.75. The van der Waals surface area contributed by atoms with Gasteiger partial charge in [0.1, 0.15) is 0 Å². The van der Waals surface area contributed by atoms with Crippen molar-refractivity contribution >= 4 is 0 Å². The van der Waals surface area contributed by atoms with E-state index in [1.165, 1.54) is 6.42 Å². The second kappa shape index (κ2) is 2.99. The lowest BCUT2D eigenvalue weighted by Gasteiger charge is -2.17. The number of rotatable bonds is 2. The number of nitrogens with zero attached hydrogens (tertiary/aromatic N) is 1. The van der Waals surface area contributed by atoms with Gasteiger partial charge in [-0.3, -0.25) is 4.90 Å². The van der Waals surface area contributed by atoms with Gasteiger partial charge in [0.15, 0.2) is 0 Å². The molecule has 1 rings (SSSR count). The Hall–Kier alpha value is -0.340. The summed E-state index contributed by atoms with van der Waals surface area (Å²) < 4.78 is 0. The van der Waals surface area contributed by atoms with E-state index < -0.39 is 0 Å². The fourth-order valence-electron chi connectivity index (χ4n) is 1.24. The fourth-order valence-corrected chi connectivity index (χ4v) is 1.24. The molecule has 0 saturated carbocycles. The van der Waals surface area contributed by atoms with Crippen molar-refractivity contribution in [3.63, 3.8) is 0 Å². The predicted octanol–water partition coefficient (Wildman–Crippen LogP) is 0.553. The molecule has 0 aromatic heterocycles. The number of likely N-dealkylation sites (tertiary alicyclic amines) is 1. The van der Waals surface area contributed by atoms with Crippen molar-refractivity contribution in [1.82, 2.24) is 4.90 Å². The van der Waals surface area contributed by atoms with Gasteiger partial charge in [0.25, 0.3) is 0 Å².